The van der Waals surface area contributed by atoms with E-state index in [1.54, 1.807) is 0 Å². The summed E-state index contributed by atoms with van der Waals surface area (Å²) in [4.78, 5) is 12.7. The zero-order valence-corrected chi connectivity index (χ0v) is 8.82. The number of methoxy groups -OCH3 is 1. The number of ether oxygens (including phenoxy) is 2. The summed E-state index contributed by atoms with van der Waals surface area (Å²) in [5, 5.41) is 10.5. The minimum atomic E-state index is -5.14. The normalized spacial score (nSPS) is 11.2. The Morgan fingerprint density at radius 1 is 1.50 bits per heavy atom. The first-order valence-electron chi connectivity index (χ1n) is 4.32. The molecule has 0 amide bonds. The van der Waals surface area contributed by atoms with Crippen molar-refractivity contribution in [2.45, 2.75) is 13.0 Å². The average Bonchev–Trinajstić information content (AvgIpc) is 2.26. The highest BCUT2D eigenvalue weighted by Gasteiger charge is 2.36. The summed E-state index contributed by atoms with van der Waals surface area (Å²) in [7, 11) is 0.972. The zero-order chi connectivity index (χ0) is 13.9. The van der Waals surface area contributed by atoms with Crippen molar-refractivity contribution in [2.75, 3.05) is 7.11 Å². The van der Waals surface area contributed by atoms with Gasteiger partial charge < -0.3 is 9.47 Å². The van der Waals surface area contributed by atoms with Gasteiger partial charge in [-0.2, -0.15) is 0 Å². The van der Waals surface area contributed by atoms with Crippen molar-refractivity contribution in [2.24, 2.45) is 0 Å². The van der Waals surface area contributed by atoms with Crippen LogP contribution in [0.5, 0.6) is 11.6 Å². The van der Waals surface area contributed by atoms with Crippen molar-refractivity contribution < 1.29 is 32.0 Å². The maximum atomic E-state index is 12.7. The van der Waals surface area contributed by atoms with Gasteiger partial charge in [-0.3, -0.25) is 10.1 Å². The molecule has 0 aliphatic rings. The van der Waals surface area contributed by atoms with E-state index >= 15 is 0 Å². The molecule has 0 saturated heterocycles. The number of hydrogen-bond acceptors (Lipinski definition) is 5. The highest BCUT2D eigenvalue weighted by atomic mass is 19.4. The number of nitrogens with zero attached hydrogens (tertiary/aromatic N) is 2. The number of halogens is 4. The molecule has 6 nitrogen and oxygen atoms in total. The predicted molar refractivity (Wildman–Crippen MR) is 48.9 cm³/mol. The second kappa shape index (κ2) is 5.02. The fourth-order valence-corrected chi connectivity index (χ4v) is 1.15. The average molecular weight is 270 g/mol. The Morgan fingerprint density at radius 3 is 2.50 bits per heavy atom. The van der Waals surface area contributed by atoms with Gasteiger partial charge in [-0.05, 0) is 0 Å². The molecule has 0 spiro atoms. The second-order valence-electron chi connectivity index (χ2n) is 2.90. The lowest BCUT2D eigenvalue weighted by Gasteiger charge is -2.13. The van der Waals surface area contributed by atoms with Crippen LogP contribution in [0, 0.1) is 10.1 Å². The second-order valence-corrected chi connectivity index (χ2v) is 2.90. The van der Waals surface area contributed by atoms with Gasteiger partial charge in [0, 0.05) is 0 Å². The van der Waals surface area contributed by atoms with E-state index in [1.165, 1.54) is 0 Å². The zero-order valence-electron chi connectivity index (χ0n) is 8.82. The lowest BCUT2D eigenvalue weighted by atomic mass is 10.2. The molecule has 1 heterocycles. The van der Waals surface area contributed by atoms with Crippen molar-refractivity contribution in [3.63, 3.8) is 0 Å². The molecule has 0 radical (unpaired) electrons. The monoisotopic (exact) mass is 270 g/mol. The van der Waals surface area contributed by atoms with E-state index in [2.05, 4.69) is 14.5 Å². The number of nitro groups is 1. The summed E-state index contributed by atoms with van der Waals surface area (Å²) in [5.74, 6) is -1.84. The van der Waals surface area contributed by atoms with Gasteiger partial charge in [0.2, 0.25) is 5.75 Å². The predicted octanol–water partition coefficient (Wildman–Crippen LogP) is 2.37. The van der Waals surface area contributed by atoms with E-state index in [4.69, 9.17) is 0 Å². The van der Waals surface area contributed by atoms with Gasteiger partial charge in [0.25, 0.3) is 11.6 Å². The first-order chi connectivity index (χ1) is 8.30. The summed E-state index contributed by atoms with van der Waals surface area (Å²) in [6.45, 7) is -1.53. The summed E-state index contributed by atoms with van der Waals surface area (Å²) in [5.41, 5.74) is -1.80. The van der Waals surface area contributed by atoms with Crippen molar-refractivity contribution in [1.29, 1.82) is 0 Å². The molecule has 0 fully saturated rings. The molecule has 0 saturated carbocycles. The Balaban J connectivity index is 3.41. The van der Waals surface area contributed by atoms with Gasteiger partial charge in [0.15, 0.2) is 0 Å². The van der Waals surface area contributed by atoms with Gasteiger partial charge in [-0.1, -0.05) is 0 Å². The van der Waals surface area contributed by atoms with Crippen LogP contribution in [0.15, 0.2) is 6.20 Å². The molecule has 18 heavy (non-hydrogen) atoms. The number of hydrogen-bond donors (Lipinski definition) is 0. The largest absolute Gasteiger partial charge is 0.573 e. The van der Waals surface area contributed by atoms with Gasteiger partial charge in [0.05, 0.1) is 12.0 Å². The molecule has 1 aromatic rings. The standard InChI is InChI=1S/C8H6F4N2O4/c1-17-7-6(18-8(10,11)12)4(2-9)5(3-13-7)14(15)16/h3H,2H2,1H3. The van der Waals surface area contributed by atoms with Crippen molar-refractivity contribution in [3.8, 4) is 11.6 Å². The van der Waals surface area contributed by atoms with E-state index in [9.17, 15) is 27.7 Å². The number of pyridine rings is 1. The number of aromatic nitrogens is 1. The van der Waals surface area contributed by atoms with E-state index in [0.29, 0.717) is 6.20 Å². The highest BCUT2D eigenvalue weighted by molar-refractivity contribution is 5.52. The molecule has 1 aromatic heterocycles. The third-order valence-electron chi connectivity index (χ3n) is 1.82. The quantitative estimate of drug-likeness (QED) is 0.477. The van der Waals surface area contributed by atoms with Gasteiger partial charge in [-0.25, -0.2) is 9.37 Å². The highest BCUT2D eigenvalue weighted by Crippen LogP contribution is 2.38. The molecular weight excluding hydrogens is 264 g/mol. The first kappa shape index (κ1) is 13.9. The van der Waals surface area contributed by atoms with Crippen molar-refractivity contribution in [3.05, 3.63) is 21.9 Å². The molecule has 0 bridgehead atoms. The van der Waals surface area contributed by atoms with Crippen LogP contribution in [0.3, 0.4) is 0 Å². The van der Waals surface area contributed by atoms with E-state index in [-0.39, 0.29) is 0 Å². The van der Waals surface area contributed by atoms with Crippen LogP contribution in [0.4, 0.5) is 23.2 Å². The maximum absolute atomic E-state index is 12.7. The molecule has 0 atom stereocenters. The van der Waals surface area contributed by atoms with Crippen LogP contribution in [0.25, 0.3) is 0 Å². The van der Waals surface area contributed by atoms with Crippen molar-refractivity contribution >= 4 is 5.69 Å². The summed E-state index contributed by atoms with van der Waals surface area (Å²) >= 11 is 0. The van der Waals surface area contributed by atoms with Crippen LogP contribution in [0.1, 0.15) is 5.56 Å². The fourth-order valence-electron chi connectivity index (χ4n) is 1.15. The Morgan fingerprint density at radius 2 is 2.11 bits per heavy atom. The Bertz CT molecular complexity index is 463. The molecule has 1 rings (SSSR count). The summed E-state index contributed by atoms with van der Waals surface area (Å²) in [6.07, 6.45) is -4.55. The number of rotatable bonds is 4. The third-order valence-corrected chi connectivity index (χ3v) is 1.82. The molecule has 0 aromatic carbocycles. The minimum absolute atomic E-state index is 0.594. The van der Waals surface area contributed by atoms with Gasteiger partial charge in [-0.15, -0.1) is 13.2 Å². The molecule has 0 aliphatic heterocycles. The molecule has 100 valence electrons. The van der Waals surface area contributed by atoms with Crippen LogP contribution < -0.4 is 9.47 Å². The van der Waals surface area contributed by atoms with E-state index in [0.717, 1.165) is 7.11 Å². The molecule has 10 heteroatoms. The van der Waals surface area contributed by atoms with Crippen molar-refractivity contribution in [1.82, 2.24) is 4.98 Å². The lowest BCUT2D eigenvalue weighted by molar-refractivity contribution is -0.386. The maximum Gasteiger partial charge on any atom is 0.573 e. The Hall–Kier alpha value is -2.13. The van der Waals surface area contributed by atoms with Crippen LogP contribution in [-0.4, -0.2) is 23.4 Å². The summed E-state index contributed by atoms with van der Waals surface area (Å²) in [6, 6.07) is 0. The number of alkyl halides is 4. The van der Waals surface area contributed by atoms with Crippen LogP contribution in [-0.2, 0) is 6.67 Å². The minimum Gasteiger partial charge on any atom is -0.478 e. The molecule has 0 unspecified atom stereocenters. The third kappa shape index (κ3) is 2.96. The Kier molecular flexibility index (Phi) is 3.89. The smallest absolute Gasteiger partial charge is 0.478 e. The summed E-state index contributed by atoms with van der Waals surface area (Å²) < 4.78 is 56.9. The fraction of sp³-hybridized carbons (Fsp3) is 0.375. The topological polar surface area (TPSA) is 74.5 Å². The Labute approximate surface area is 97.3 Å². The van der Waals surface area contributed by atoms with Crippen LogP contribution >= 0.6 is 0 Å². The van der Waals surface area contributed by atoms with Gasteiger partial charge >= 0.3 is 6.36 Å². The SMILES string of the molecule is COc1ncc([N+](=O)[O-])c(CF)c1OC(F)(F)F. The first-order valence-corrected chi connectivity index (χ1v) is 4.32. The van der Waals surface area contributed by atoms with E-state index < -0.39 is 40.8 Å². The molecule has 0 aliphatic carbocycles. The molecular formula is C8H6F4N2O4. The molecule has 0 N–H and O–H groups in total. The van der Waals surface area contributed by atoms with Gasteiger partial charge in [0.1, 0.15) is 18.4 Å². The van der Waals surface area contributed by atoms with Crippen LogP contribution in [0.2, 0.25) is 0 Å². The van der Waals surface area contributed by atoms with E-state index in [1.807, 2.05) is 0 Å². The lowest BCUT2D eigenvalue weighted by Crippen LogP contribution is -2.19.